The first-order chi connectivity index (χ1) is 8.63. The molecule has 0 fully saturated rings. The summed E-state index contributed by atoms with van der Waals surface area (Å²) in [5.41, 5.74) is 1.47. The summed E-state index contributed by atoms with van der Waals surface area (Å²) in [6.45, 7) is 2.42. The highest BCUT2D eigenvalue weighted by Crippen LogP contribution is 2.22. The van der Waals surface area contributed by atoms with Crippen molar-refractivity contribution in [3.63, 3.8) is 0 Å². The number of halogens is 2. The largest absolute Gasteiger partial charge is 0.469 e. The Morgan fingerprint density at radius 3 is 2.78 bits per heavy atom. The zero-order valence-corrected chi connectivity index (χ0v) is 11.0. The standard InChI is InChI=1S/C13H14ClFN2O/c1-9-11(4-6-18-9)8-17(2)13-12(15)10(7-14)3-5-16-13/h3-6H,7-8H2,1-2H3. The fourth-order valence-electron chi connectivity index (χ4n) is 1.75. The molecule has 0 bridgehead atoms. The Balaban J connectivity index is 2.24. The average molecular weight is 269 g/mol. The molecule has 18 heavy (non-hydrogen) atoms. The second kappa shape index (κ2) is 5.40. The van der Waals surface area contributed by atoms with Gasteiger partial charge in [0.05, 0.1) is 12.1 Å². The highest BCUT2D eigenvalue weighted by atomic mass is 35.5. The molecule has 3 nitrogen and oxygen atoms in total. The summed E-state index contributed by atoms with van der Waals surface area (Å²) in [5, 5.41) is 0. The molecular formula is C13H14ClFN2O. The molecule has 0 unspecified atom stereocenters. The monoisotopic (exact) mass is 268 g/mol. The molecule has 0 saturated carbocycles. The summed E-state index contributed by atoms with van der Waals surface area (Å²) in [4.78, 5) is 5.80. The first-order valence-corrected chi connectivity index (χ1v) is 6.10. The number of rotatable bonds is 4. The van der Waals surface area contributed by atoms with Crippen LogP contribution in [0, 0.1) is 12.7 Å². The van der Waals surface area contributed by atoms with Crippen molar-refractivity contribution >= 4 is 17.4 Å². The molecule has 0 saturated heterocycles. The van der Waals surface area contributed by atoms with Crippen molar-refractivity contribution in [1.82, 2.24) is 4.98 Å². The van der Waals surface area contributed by atoms with Crippen molar-refractivity contribution in [2.45, 2.75) is 19.3 Å². The van der Waals surface area contributed by atoms with E-state index in [1.54, 1.807) is 30.5 Å². The Labute approximate surface area is 110 Å². The predicted molar refractivity (Wildman–Crippen MR) is 69.3 cm³/mol. The second-order valence-corrected chi connectivity index (χ2v) is 4.37. The van der Waals surface area contributed by atoms with Crippen LogP contribution in [0.2, 0.25) is 0 Å². The van der Waals surface area contributed by atoms with Crippen LogP contribution in [0.25, 0.3) is 0 Å². The molecule has 0 radical (unpaired) electrons. The van der Waals surface area contributed by atoms with E-state index in [2.05, 4.69) is 4.98 Å². The number of nitrogens with zero attached hydrogens (tertiary/aromatic N) is 2. The number of aryl methyl sites for hydroxylation is 1. The number of hydrogen-bond donors (Lipinski definition) is 0. The zero-order valence-electron chi connectivity index (χ0n) is 10.3. The maximum Gasteiger partial charge on any atom is 0.170 e. The van der Waals surface area contributed by atoms with Crippen molar-refractivity contribution in [3.8, 4) is 0 Å². The van der Waals surface area contributed by atoms with Gasteiger partial charge in [0, 0.05) is 30.9 Å². The van der Waals surface area contributed by atoms with Crippen molar-refractivity contribution in [3.05, 3.63) is 47.3 Å². The molecule has 0 spiro atoms. The molecular weight excluding hydrogens is 255 g/mol. The summed E-state index contributed by atoms with van der Waals surface area (Å²) in [5.74, 6) is 0.903. The molecule has 5 heteroatoms. The van der Waals surface area contributed by atoms with E-state index < -0.39 is 0 Å². The molecule has 0 amide bonds. The zero-order chi connectivity index (χ0) is 13.1. The van der Waals surface area contributed by atoms with Gasteiger partial charge >= 0.3 is 0 Å². The van der Waals surface area contributed by atoms with Gasteiger partial charge in [-0.05, 0) is 19.1 Å². The van der Waals surface area contributed by atoms with Gasteiger partial charge in [0.2, 0.25) is 0 Å². The van der Waals surface area contributed by atoms with Gasteiger partial charge in [-0.2, -0.15) is 0 Å². The van der Waals surface area contributed by atoms with Gasteiger partial charge in [0.1, 0.15) is 5.76 Å². The minimum atomic E-state index is -0.365. The molecule has 0 aliphatic rings. The van der Waals surface area contributed by atoms with Gasteiger partial charge in [-0.25, -0.2) is 9.37 Å². The van der Waals surface area contributed by atoms with E-state index in [0.717, 1.165) is 11.3 Å². The number of furan rings is 1. The van der Waals surface area contributed by atoms with E-state index in [-0.39, 0.29) is 11.7 Å². The van der Waals surface area contributed by atoms with Crippen LogP contribution in [0.15, 0.2) is 29.0 Å². The van der Waals surface area contributed by atoms with Crippen LogP contribution in [0.4, 0.5) is 10.2 Å². The average Bonchev–Trinajstić information content (AvgIpc) is 2.75. The first kappa shape index (κ1) is 12.9. The van der Waals surface area contributed by atoms with Gasteiger partial charge < -0.3 is 9.32 Å². The summed E-state index contributed by atoms with van der Waals surface area (Å²) >= 11 is 5.68. The number of hydrogen-bond acceptors (Lipinski definition) is 3. The third kappa shape index (κ3) is 2.48. The summed E-state index contributed by atoms with van der Waals surface area (Å²) < 4.78 is 19.3. The van der Waals surface area contributed by atoms with Gasteiger partial charge in [-0.15, -0.1) is 11.6 Å². The molecule has 2 rings (SSSR count). The number of pyridine rings is 1. The minimum Gasteiger partial charge on any atom is -0.469 e. The Kier molecular flexibility index (Phi) is 3.87. The summed E-state index contributed by atoms with van der Waals surface area (Å²) in [7, 11) is 1.79. The predicted octanol–water partition coefficient (Wildman–Crippen LogP) is 3.50. The van der Waals surface area contributed by atoms with Gasteiger partial charge in [-0.3, -0.25) is 0 Å². The van der Waals surface area contributed by atoms with Crippen LogP contribution in [0.1, 0.15) is 16.9 Å². The highest BCUT2D eigenvalue weighted by molar-refractivity contribution is 6.17. The third-order valence-corrected chi connectivity index (χ3v) is 3.12. The molecule has 0 atom stereocenters. The number of aromatic nitrogens is 1. The van der Waals surface area contributed by atoms with Gasteiger partial charge in [0.15, 0.2) is 11.6 Å². The number of anilines is 1. The maximum absolute atomic E-state index is 14.0. The lowest BCUT2D eigenvalue weighted by molar-refractivity contribution is 0.529. The Hall–Kier alpha value is -1.55. The Morgan fingerprint density at radius 1 is 1.39 bits per heavy atom. The molecule has 96 valence electrons. The van der Waals surface area contributed by atoms with Crippen LogP contribution < -0.4 is 4.90 Å². The molecule has 0 aromatic carbocycles. The van der Waals surface area contributed by atoms with Crippen LogP contribution in [-0.2, 0) is 12.4 Å². The fraction of sp³-hybridized carbons (Fsp3) is 0.308. The maximum atomic E-state index is 14.0. The topological polar surface area (TPSA) is 29.3 Å². The SMILES string of the molecule is Cc1occc1CN(C)c1nccc(CCl)c1F. The van der Waals surface area contributed by atoms with E-state index in [1.165, 1.54) is 0 Å². The molecule has 2 heterocycles. The van der Waals surface area contributed by atoms with E-state index in [1.807, 2.05) is 13.0 Å². The normalized spacial score (nSPS) is 10.7. The van der Waals surface area contributed by atoms with Gasteiger partial charge in [0.25, 0.3) is 0 Å². The minimum absolute atomic E-state index is 0.139. The van der Waals surface area contributed by atoms with E-state index in [0.29, 0.717) is 17.9 Å². The smallest absolute Gasteiger partial charge is 0.170 e. The van der Waals surface area contributed by atoms with Crippen LogP contribution in [-0.4, -0.2) is 12.0 Å². The van der Waals surface area contributed by atoms with Crippen molar-refractivity contribution in [2.75, 3.05) is 11.9 Å². The third-order valence-electron chi connectivity index (χ3n) is 2.83. The lowest BCUT2D eigenvalue weighted by Gasteiger charge is -2.19. The van der Waals surface area contributed by atoms with Crippen molar-refractivity contribution in [2.24, 2.45) is 0 Å². The lowest BCUT2D eigenvalue weighted by Crippen LogP contribution is -2.19. The molecule has 2 aromatic rings. The Morgan fingerprint density at radius 2 is 2.17 bits per heavy atom. The van der Waals surface area contributed by atoms with Gasteiger partial charge in [-0.1, -0.05) is 0 Å². The first-order valence-electron chi connectivity index (χ1n) is 5.57. The highest BCUT2D eigenvalue weighted by Gasteiger charge is 2.14. The quantitative estimate of drug-likeness (QED) is 0.795. The summed E-state index contributed by atoms with van der Waals surface area (Å²) in [6.07, 6.45) is 3.19. The lowest BCUT2D eigenvalue weighted by atomic mass is 10.2. The van der Waals surface area contributed by atoms with Crippen molar-refractivity contribution in [1.29, 1.82) is 0 Å². The molecule has 2 aromatic heterocycles. The van der Waals surface area contributed by atoms with Crippen LogP contribution >= 0.6 is 11.6 Å². The van der Waals surface area contributed by atoms with E-state index >= 15 is 0 Å². The fourth-order valence-corrected chi connectivity index (χ4v) is 1.95. The van der Waals surface area contributed by atoms with E-state index in [4.69, 9.17) is 16.0 Å². The van der Waals surface area contributed by atoms with Crippen molar-refractivity contribution < 1.29 is 8.81 Å². The molecule has 0 aliphatic heterocycles. The second-order valence-electron chi connectivity index (χ2n) is 4.10. The van der Waals surface area contributed by atoms with Crippen LogP contribution in [0.3, 0.4) is 0 Å². The Bertz CT molecular complexity index is 542. The van der Waals surface area contributed by atoms with E-state index in [9.17, 15) is 4.39 Å². The van der Waals surface area contributed by atoms with Crippen LogP contribution in [0.5, 0.6) is 0 Å². The summed E-state index contributed by atoms with van der Waals surface area (Å²) in [6, 6.07) is 3.46. The molecule has 0 aliphatic carbocycles. The molecule has 0 N–H and O–H groups in total. The number of alkyl halides is 1.